The van der Waals surface area contributed by atoms with Crippen LogP contribution in [0.2, 0.25) is 0 Å². The molecule has 13 heavy (non-hydrogen) atoms. The van der Waals surface area contributed by atoms with Gasteiger partial charge in [-0.1, -0.05) is 6.92 Å². The fourth-order valence-electron chi connectivity index (χ4n) is 1.63. The molecule has 1 aliphatic rings. The van der Waals surface area contributed by atoms with E-state index in [9.17, 15) is 0 Å². The molecule has 1 N–H and O–H groups in total. The molecular formula is C9H15N3S. The fourth-order valence-corrected chi connectivity index (χ4v) is 2.52. The molecule has 0 radical (unpaired) electrons. The van der Waals surface area contributed by atoms with Gasteiger partial charge in [0.25, 0.3) is 0 Å². The third-order valence-corrected chi connectivity index (χ3v) is 3.31. The lowest BCUT2D eigenvalue weighted by atomic mass is 10.2. The molecule has 0 atom stereocenters. The summed E-state index contributed by atoms with van der Waals surface area (Å²) in [7, 11) is 0. The van der Waals surface area contributed by atoms with Crippen LogP contribution >= 0.6 is 11.5 Å². The average molecular weight is 197 g/mol. The lowest BCUT2D eigenvalue weighted by Gasteiger charge is -2.28. The molecule has 4 heteroatoms. The summed E-state index contributed by atoms with van der Waals surface area (Å²) < 4.78 is 4.25. The fraction of sp³-hybridized carbons (Fsp3) is 0.667. The highest BCUT2D eigenvalue weighted by Gasteiger charge is 2.14. The van der Waals surface area contributed by atoms with Gasteiger partial charge in [0, 0.05) is 37.9 Å². The van der Waals surface area contributed by atoms with Gasteiger partial charge in [0.15, 0.2) is 0 Å². The molecule has 0 unspecified atom stereocenters. The lowest BCUT2D eigenvalue weighted by Crippen LogP contribution is -2.43. The Bertz CT molecular complexity index is 266. The Morgan fingerprint density at radius 2 is 2.31 bits per heavy atom. The maximum atomic E-state index is 4.25. The van der Waals surface area contributed by atoms with Gasteiger partial charge in [-0.15, -0.1) is 0 Å². The van der Waals surface area contributed by atoms with Crippen LogP contribution < -0.4 is 10.2 Å². The molecule has 0 bridgehead atoms. The number of aryl methyl sites for hydroxylation is 1. The number of anilines is 1. The first-order chi connectivity index (χ1) is 6.42. The first-order valence-corrected chi connectivity index (χ1v) is 5.58. The molecule has 1 saturated heterocycles. The van der Waals surface area contributed by atoms with Crippen molar-refractivity contribution in [1.29, 1.82) is 0 Å². The zero-order chi connectivity index (χ0) is 9.10. The van der Waals surface area contributed by atoms with Crippen LogP contribution in [-0.4, -0.2) is 30.6 Å². The van der Waals surface area contributed by atoms with Crippen molar-refractivity contribution in [3.05, 3.63) is 11.8 Å². The number of piperazine rings is 1. The molecular weight excluding hydrogens is 182 g/mol. The van der Waals surface area contributed by atoms with Crippen LogP contribution in [0.4, 0.5) is 5.00 Å². The van der Waals surface area contributed by atoms with Crippen LogP contribution in [0.3, 0.4) is 0 Å². The van der Waals surface area contributed by atoms with Crippen molar-refractivity contribution in [1.82, 2.24) is 9.69 Å². The van der Waals surface area contributed by atoms with E-state index < -0.39 is 0 Å². The van der Waals surface area contributed by atoms with Crippen molar-refractivity contribution in [3.8, 4) is 0 Å². The monoisotopic (exact) mass is 197 g/mol. The van der Waals surface area contributed by atoms with E-state index in [1.165, 1.54) is 10.6 Å². The Kier molecular flexibility index (Phi) is 2.80. The maximum Gasteiger partial charge on any atom is 0.115 e. The van der Waals surface area contributed by atoms with Gasteiger partial charge in [0.2, 0.25) is 0 Å². The normalized spacial score (nSPS) is 17.8. The minimum Gasteiger partial charge on any atom is -0.359 e. The Morgan fingerprint density at radius 1 is 1.54 bits per heavy atom. The third kappa shape index (κ3) is 1.84. The number of rotatable bonds is 2. The Labute approximate surface area is 82.9 Å². The molecule has 1 fully saturated rings. The average Bonchev–Trinajstić information content (AvgIpc) is 2.67. The predicted molar refractivity (Wildman–Crippen MR) is 56.6 cm³/mol. The summed E-state index contributed by atoms with van der Waals surface area (Å²) in [5, 5.41) is 4.74. The molecule has 2 rings (SSSR count). The number of aromatic nitrogens is 1. The second kappa shape index (κ2) is 4.07. The van der Waals surface area contributed by atoms with E-state index in [2.05, 4.69) is 21.5 Å². The molecule has 72 valence electrons. The lowest BCUT2D eigenvalue weighted by molar-refractivity contribution is 0.591. The minimum absolute atomic E-state index is 1.09. The molecule has 0 aromatic carbocycles. The molecule has 0 spiro atoms. The molecule has 0 aliphatic carbocycles. The largest absolute Gasteiger partial charge is 0.359 e. The third-order valence-electron chi connectivity index (χ3n) is 2.41. The van der Waals surface area contributed by atoms with Crippen molar-refractivity contribution in [3.63, 3.8) is 0 Å². The minimum atomic E-state index is 1.09. The predicted octanol–water partition coefficient (Wildman–Crippen LogP) is 1.12. The zero-order valence-corrected chi connectivity index (χ0v) is 8.73. The summed E-state index contributed by atoms with van der Waals surface area (Å²) in [4.78, 5) is 2.44. The van der Waals surface area contributed by atoms with E-state index in [4.69, 9.17) is 0 Å². The highest BCUT2D eigenvalue weighted by molar-refractivity contribution is 7.10. The summed E-state index contributed by atoms with van der Waals surface area (Å²) in [6.45, 7) is 6.63. The van der Waals surface area contributed by atoms with Gasteiger partial charge in [0.1, 0.15) is 5.00 Å². The topological polar surface area (TPSA) is 28.2 Å². The van der Waals surface area contributed by atoms with Gasteiger partial charge in [-0.2, -0.15) is 4.37 Å². The summed E-state index contributed by atoms with van der Waals surface area (Å²) in [5.41, 5.74) is 1.40. The first-order valence-electron chi connectivity index (χ1n) is 4.81. The Hall–Kier alpha value is -0.610. The van der Waals surface area contributed by atoms with E-state index >= 15 is 0 Å². The number of hydrogen-bond donors (Lipinski definition) is 1. The van der Waals surface area contributed by atoms with Gasteiger partial charge in [0.05, 0.1) is 0 Å². The van der Waals surface area contributed by atoms with Crippen molar-refractivity contribution in [2.75, 3.05) is 31.1 Å². The van der Waals surface area contributed by atoms with Crippen LogP contribution in [0.25, 0.3) is 0 Å². The summed E-state index contributed by atoms with van der Waals surface area (Å²) in [5.74, 6) is 0. The van der Waals surface area contributed by atoms with Crippen molar-refractivity contribution >= 4 is 16.5 Å². The first kappa shape index (κ1) is 8.97. The van der Waals surface area contributed by atoms with Crippen molar-refractivity contribution in [2.45, 2.75) is 13.3 Å². The van der Waals surface area contributed by atoms with Crippen LogP contribution in [0.5, 0.6) is 0 Å². The van der Waals surface area contributed by atoms with Gasteiger partial charge in [-0.25, -0.2) is 0 Å². The van der Waals surface area contributed by atoms with Gasteiger partial charge in [-0.3, -0.25) is 0 Å². The zero-order valence-electron chi connectivity index (χ0n) is 7.92. The van der Waals surface area contributed by atoms with Crippen molar-refractivity contribution < 1.29 is 0 Å². The van der Waals surface area contributed by atoms with E-state index in [0.717, 1.165) is 32.6 Å². The molecule has 1 aliphatic heterocycles. The van der Waals surface area contributed by atoms with E-state index in [1.807, 2.05) is 6.20 Å². The molecule has 3 nitrogen and oxygen atoms in total. The summed E-state index contributed by atoms with van der Waals surface area (Å²) in [6.07, 6.45) is 3.10. The van der Waals surface area contributed by atoms with Crippen LogP contribution in [0.1, 0.15) is 12.5 Å². The second-order valence-corrected chi connectivity index (χ2v) is 4.03. The SMILES string of the molecule is CCc1cnsc1N1CCNCC1. The smallest absolute Gasteiger partial charge is 0.115 e. The highest BCUT2D eigenvalue weighted by Crippen LogP contribution is 2.25. The molecule has 1 aromatic heterocycles. The van der Waals surface area contributed by atoms with E-state index in [-0.39, 0.29) is 0 Å². The standard InChI is InChI=1S/C9H15N3S/c1-2-8-7-11-13-9(8)12-5-3-10-4-6-12/h7,10H,2-6H2,1H3. The van der Waals surface area contributed by atoms with E-state index in [0.29, 0.717) is 0 Å². The summed E-state index contributed by atoms with van der Waals surface area (Å²) >= 11 is 1.63. The van der Waals surface area contributed by atoms with Gasteiger partial charge in [-0.05, 0) is 18.0 Å². The van der Waals surface area contributed by atoms with Crippen molar-refractivity contribution in [2.24, 2.45) is 0 Å². The molecule has 2 heterocycles. The van der Waals surface area contributed by atoms with Gasteiger partial charge >= 0.3 is 0 Å². The maximum absolute atomic E-state index is 4.25. The Morgan fingerprint density at radius 3 is 3.00 bits per heavy atom. The number of nitrogens with one attached hydrogen (secondary N) is 1. The highest BCUT2D eigenvalue weighted by atomic mass is 32.1. The van der Waals surface area contributed by atoms with E-state index in [1.54, 1.807) is 11.5 Å². The Balaban J connectivity index is 2.13. The van der Waals surface area contributed by atoms with Crippen LogP contribution in [0.15, 0.2) is 6.20 Å². The number of hydrogen-bond acceptors (Lipinski definition) is 4. The molecule has 1 aromatic rings. The molecule has 0 amide bonds. The quantitative estimate of drug-likeness (QED) is 0.770. The van der Waals surface area contributed by atoms with Crippen LogP contribution in [-0.2, 0) is 6.42 Å². The molecule has 0 saturated carbocycles. The number of nitrogens with zero attached hydrogens (tertiary/aromatic N) is 2. The van der Waals surface area contributed by atoms with Gasteiger partial charge < -0.3 is 10.2 Å². The summed E-state index contributed by atoms with van der Waals surface area (Å²) in [6, 6.07) is 0. The van der Waals surface area contributed by atoms with Crippen LogP contribution in [0, 0.1) is 0 Å². The second-order valence-electron chi connectivity index (χ2n) is 3.25.